The van der Waals surface area contributed by atoms with Gasteiger partial charge in [0.05, 0.1) is 16.6 Å². The molecule has 1 aromatic heterocycles. The van der Waals surface area contributed by atoms with Gasteiger partial charge in [-0.25, -0.2) is 14.4 Å². The lowest BCUT2D eigenvalue weighted by Crippen LogP contribution is -2.35. The predicted octanol–water partition coefficient (Wildman–Crippen LogP) is 4.34. The van der Waals surface area contributed by atoms with Crippen molar-refractivity contribution in [2.45, 2.75) is 18.9 Å². The van der Waals surface area contributed by atoms with Crippen molar-refractivity contribution in [1.82, 2.24) is 14.9 Å². The van der Waals surface area contributed by atoms with Gasteiger partial charge in [-0.1, -0.05) is 11.6 Å². The Hall–Kier alpha value is -2.64. The zero-order valence-corrected chi connectivity index (χ0v) is 16.8. The van der Waals surface area contributed by atoms with Gasteiger partial charge in [-0.15, -0.1) is 0 Å². The van der Waals surface area contributed by atoms with Crippen LogP contribution in [0.25, 0.3) is 10.9 Å². The monoisotopic (exact) mass is 416 g/mol. The Morgan fingerprint density at radius 2 is 2.00 bits per heavy atom. The molecule has 1 aliphatic rings. The highest BCUT2D eigenvalue weighted by atomic mass is 35.5. The van der Waals surface area contributed by atoms with Gasteiger partial charge in [-0.2, -0.15) is 0 Å². The molecule has 4 rings (SSSR count). The van der Waals surface area contributed by atoms with Crippen LogP contribution in [0.2, 0.25) is 5.02 Å². The van der Waals surface area contributed by atoms with Crippen LogP contribution in [-0.2, 0) is 0 Å². The van der Waals surface area contributed by atoms with E-state index in [9.17, 15) is 4.39 Å². The molecule has 29 heavy (non-hydrogen) atoms. The highest BCUT2D eigenvalue weighted by Crippen LogP contribution is 2.27. The van der Waals surface area contributed by atoms with Gasteiger partial charge in [-0.05, 0) is 50.2 Å². The number of anilines is 1. The molecule has 0 unspecified atom stereocenters. The Balaban J connectivity index is 1.42. The lowest BCUT2D eigenvalue weighted by molar-refractivity contribution is 0.114. The third-order valence-electron chi connectivity index (χ3n) is 4.94. The summed E-state index contributed by atoms with van der Waals surface area (Å²) in [6.07, 6.45) is 3.69. The molecule has 0 radical (unpaired) electrons. The number of nitrogens with one attached hydrogen (secondary N) is 1. The van der Waals surface area contributed by atoms with Crippen LogP contribution in [0, 0.1) is 5.82 Å². The van der Waals surface area contributed by atoms with E-state index in [1.807, 2.05) is 18.2 Å². The van der Waals surface area contributed by atoms with Gasteiger partial charge in [0, 0.05) is 24.2 Å². The van der Waals surface area contributed by atoms with E-state index in [0.717, 1.165) is 42.6 Å². The Morgan fingerprint density at radius 3 is 2.79 bits per heavy atom. The first-order valence-corrected chi connectivity index (χ1v) is 9.88. The van der Waals surface area contributed by atoms with Gasteiger partial charge in [0.2, 0.25) is 5.88 Å². The number of rotatable bonds is 6. The molecule has 0 aliphatic carbocycles. The number of piperidine rings is 1. The molecule has 3 aromatic rings. The molecule has 0 amide bonds. The maximum Gasteiger partial charge on any atom is 0.226 e. The lowest BCUT2D eigenvalue weighted by Gasteiger charge is -2.29. The molecule has 2 heterocycles. The summed E-state index contributed by atoms with van der Waals surface area (Å²) >= 11 is 5.76. The summed E-state index contributed by atoms with van der Waals surface area (Å²) < 4.78 is 25.7. The second kappa shape index (κ2) is 8.80. The van der Waals surface area contributed by atoms with Crippen LogP contribution in [-0.4, -0.2) is 47.8 Å². The summed E-state index contributed by atoms with van der Waals surface area (Å²) in [4.78, 5) is 10.8. The number of hydrogen-bond acceptors (Lipinski definition) is 6. The molecule has 1 fully saturated rings. The van der Waals surface area contributed by atoms with Crippen molar-refractivity contribution in [2.75, 3.05) is 32.2 Å². The van der Waals surface area contributed by atoms with Crippen LogP contribution < -0.4 is 14.8 Å². The SMILES string of the molecule is CN1CCC(Oc2ccc3c(OCNc4ccc(Cl)cc4F)ncnc3c2)CC1. The summed E-state index contributed by atoms with van der Waals surface area (Å²) in [5, 5.41) is 3.98. The molecule has 0 spiro atoms. The molecular weight excluding hydrogens is 395 g/mol. The molecule has 152 valence electrons. The van der Waals surface area contributed by atoms with Crippen molar-refractivity contribution in [3.05, 3.63) is 53.6 Å². The van der Waals surface area contributed by atoms with Gasteiger partial charge >= 0.3 is 0 Å². The quantitative estimate of drug-likeness (QED) is 0.603. The molecule has 8 heteroatoms. The fourth-order valence-corrected chi connectivity index (χ4v) is 3.47. The second-order valence-corrected chi connectivity index (χ2v) is 7.50. The fraction of sp³-hybridized carbons (Fsp3) is 0.333. The zero-order chi connectivity index (χ0) is 20.2. The average molecular weight is 417 g/mol. The lowest BCUT2D eigenvalue weighted by atomic mass is 10.1. The molecule has 1 saturated heterocycles. The van der Waals surface area contributed by atoms with E-state index >= 15 is 0 Å². The smallest absolute Gasteiger partial charge is 0.226 e. The first kappa shape index (κ1) is 19.7. The normalized spacial score (nSPS) is 15.4. The standard InChI is InChI=1S/C21H22ClFN4O2/c1-27-8-6-15(7-9-27)29-16-3-4-17-20(11-16)24-12-25-21(17)28-13-26-19-5-2-14(22)10-18(19)23/h2-5,10-12,15,26H,6-9,13H2,1H3. The summed E-state index contributed by atoms with van der Waals surface area (Å²) in [6, 6.07) is 10.1. The number of fused-ring (bicyclic) bond motifs is 1. The Bertz CT molecular complexity index is 996. The summed E-state index contributed by atoms with van der Waals surface area (Å²) in [7, 11) is 2.13. The van der Waals surface area contributed by atoms with Gasteiger partial charge in [-0.3, -0.25) is 0 Å². The van der Waals surface area contributed by atoms with Crippen molar-refractivity contribution in [2.24, 2.45) is 0 Å². The molecule has 6 nitrogen and oxygen atoms in total. The van der Waals surface area contributed by atoms with Crippen molar-refractivity contribution >= 4 is 28.2 Å². The largest absolute Gasteiger partial charge is 0.490 e. The van der Waals surface area contributed by atoms with Gasteiger partial charge in [0.1, 0.15) is 24.0 Å². The van der Waals surface area contributed by atoms with E-state index in [4.69, 9.17) is 21.1 Å². The molecule has 0 saturated carbocycles. The molecule has 0 atom stereocenters. The van der Waals surface area contributed by atoms with Crippen molar-refractivity contribution < 1.29 is 13.9 Å². The van der Waals surface area contributed by atoms with Crippen LogP contribution in [0.4, 0.5) is 10.1 Å². The molecular formula is C21H22ClFN4O2. The second-order valence-electron chi connectivity index (χ2n) is 7.07. The number of benzene rings is 2. The third-order valence-corrected chi connectivity index (χ3v) is 5.18. The van der Waals surface area contributed by atoms with E-state index in [-0.39, 0.29) is 12.8 Å². The maximum atomic E-state index is 13.8. The highest BCUT2D eigenvalue weighted by molar-refractivity contribution is 6.30. The number of nitrogens with zero attached hydrogens (tertiary/aromatic N) is 3. The van der Waals surface area contributed by atoms with Crippen LogP contribution in [0.5, 0.6) is 11.6 Å². The Kier molecular flexibility index (Phi) is 5.97. The Labute approximate surface area is 173 Å². The van der Waals surface area contributed by atoms with Crippen molar-refractivity contribution in [3.63, 3.8) is 0 Å². The number of halogens is 2. The van der Waals surface area contributed by atoms with Crippen LogP contribution >= 0.6 is 11.6 Å². The number of aromatic nitrogens is 2. The fourth-order valence-electron chi connectivity index (χ4n) is 3.31. The van der Waals surface area contributed by atoms with Crippen molar-refractivity contribution in [1.29, 1.82) is 0 Å². The first-order valence-electron chi connectivity index (χ1n) is 9.50. The first-order chi connectivity index (χ1) is 14.1. The Morgan fingerprint density at radius 1 is 1.17 bits per heavy atom. The third kappa shape index (κ3) is 4.86. The van der Waals surface area contributed by atoms with Gasteiger partial charge in [0.15, 0.2) is 6.73 Å². The number of ether oxygens (including phenoxy) is 2. The van der Waals surface area contributed by atoms with Gasteiger partial charge < -0.3 is 19.7 Å². The minimum absolute atomic E-state index is 0.0541. The molecule has 2 aromatic carbocycles. The predicted molar refractivity (Wildman–Crippen MR) is 111 cm³/mol. The molecule has 0 bridgehead atoms. The van der Waals surface area contributed by atoms with E-state index in [0.29, 0.717) is 16.6 Å². The van der Waals surface area contributed by atoms with Crippen molar-refractivity contribution in [3.8, 4) is 11.6 Å². The van der Waals surface area contributed by atoms with E-state index in [1.54, 1.807) is 12.1 Å². The average Bonchev–Trinajstić information content (AvgIpc) is 2.71. The van der Waals surface area contributed by atoms with E-state index in [1.165, 1.54) is 12.4 Å². The summed E-state index contributed by atoms with van der Waals surface area (Å²) in [5.41, 5.74) is 1.04. The molecule has 1 N–H and O–H groups in total. The maximum absolute atomic E-state index is 13.8. The summed E-state index contributed by atoms with van der Waals surface area (Å²) in [5.74, 6) is 0.769. The van der Waals surface area contributed by atoms with Crippen LogP contribution in [0.3, 0.4) is 0 Å². The molecule has 1 aliphatic heterocycles. The summed E-state index contributed by atoms with van der Waals surface area (Å²) in [6.45, 7) is 2.14. The van der Waals surface area contributed by atoms with E-state index in [2.05, 4.69) is 27.2 Å². The highest BCUT2D eigenvalue weighted by Gasteiger charge is 2.18. The number of hydrogen-bond donors (Lipinski definition) is 1. The zero-order valence-electron chi connectivity index (χ0n) is 16.1. The topological polar surface area (TPSA) is 59.5 Å². The number of likely N-dealkylation sites (tertiary alicyclic amines) is 1. The van der Waals surface area contributed by atoms with Crippen LogP contribution in [0.1, 0.15) is 12.8 Å². The minimum Gasteiger partial charge on any atom is -0.490 e. The van der Waals surface area contributed by atoms with Gasteiger partial charge in [0.25, 0.3) is 0 Å². The minimum atomic E-state index is -0.440. The van der Waals surface area contributed by atoms with Crippen LogP contribution in [0.15, 0.2) is 42.7 Å². The van der Waals surface area contributed by atoms with E-state index < -0.39 is 5.82 Å².